The third-order valence-electron chi connectivity index (χ3n) is 7.05. The first-order chi connectivity index (χ1) is 19.8. The maximum Gasteiger partial charge on any atom is 0.131 e. The van der Waals surface area contributed by atoms with E-state index in [1.54, 1.807) is 19.4 Å². The number of hydrogen-bond acceptors (Lipinski definition) is 7. The fourth-order valence-corrected chi connectivity index (χ4v) is 4.66. The van der Waals surface area contributed by atoms with Crippen LogP contribution in [0.1, 0.15) is 50.3 Å². The number of aliphatic hydroxyl groups excluding tert-OH is 1. The van der Waals surface area contributed by atoms with E-state index in [0.29, 0.717) is 11.7 Å². The summed E-state index contributed by atoms with van der Waals surface area (Å²) in [7, 11) is 1.80. The number of nitrogens with zero attached hydrogens (tertiary/aromatic N) is 2. The Morgan fingerprint density at radius 3 is 2.39 bits per heavy atom. The monoisotopic (exact) mass is 552 g/mol. The zero-order chi connectivity index (χ0) is 29.8. The standard InChI is InChI=1S/C34H44N6O/c1-6-27(15-16-41)23-40(21-25(3)28-9-7-24(2)8-10-28)22-26(4)39-32-13-11-29(12-14-32)33-17-30(20-38-34(33)36)31(18-35)19-37-5/h7-14,17-22,27,35,37,39,41H,6,15-16,23H2,1-5H3,(H2,36,38)/b25-21+,26-22+,31-19-,35-18?. The lowest BCUT2D eigenvalue weighted by atomic mass is 10.0. The van der Waals surface area contributed by atoms with Crippen LogP contribution in [0.25, 0.3) is 22.3 Å². The number of nitrogen functional groups attached to an aromatic ring is 1. The lowest BCUT2D eigenvalue weighted by molar-refractivity contribution is 0.238. The van der Waals surface area contributed by atoms with Gasteiger partial charge in [-0.15, -0.1) is 0 Å². The molecule has 0 radical (unpaired) electrons. The molecule has 0 bridgehead atoms. The summed E-state index contributed by atoms with van der Waals surface area (Å²) in [6.07, 6.45) is 10.8. The third-order valence-corrected chi connectivity index (χ3v) is 7.05. The smallest absolute Gasteiger partial charge is 0.131 e. The van der Waals surface area contributed by atoms with Crippen LogP contribution in [0.15, 0.2) is 85.1 Å². The first-order valence-electron chi connectivity index (χ1n) is 14.1. The number of anilines is 2. The Kier molecular flexibility index (Phi) is 11.7. The van der Waals surface area contributed by atoms with Crippen molar-refractivity contribution in [1.29, 1.82) is 5.41 Å². The van der Waals surface area contributed by atoms with Crippen LogP contribution in [0.3, 0.4) is 0 Å². The molecular formula is C34H44N6O. The molecule has 1 heterocycles. The fourth-order valence-electron chi connectivity index (χ4n) is 4.66. The van der Waals surface area contributed by atoms with Gasteiger partial charge in [-0.2, -0.15) is 0 Å². The summed E-state index contributed by atoms with van der Waals surface area (Å²) in [5.74, 6) is 0.829. The van der Waals surface area contributed by atoms with Crippen molar-refractivity contribution < 1.29 is 5.11 Å². The van der Waals surface area contributed by atoms with Gasteiger partial charge >= 0.3 is 0 Å². The Bertz CT molecular complexity index is 1370. The van der Waals surface area contributed by atoms with Gasteiger partial charge in [0.1, 0.15) is 5.82 Å². The van der Waals surface area contributed by atoms with Gasteiger partial charge in [0.2, 0.25) is 0 Å². The SMILES string of the molecule is CCC(CCO)CN(/C=C(\C)Nc1ccc(-c2cc(/C(C=N)=C\NC)cnc2N)cc1)/C=C(\C)c1ccc(C)cc1. The maximum absolute atomic E-state index is 9.56. The van der Waals surface area contributed by atoms with Gasteiger partial charge in [0, 0.05) is 79.3 Å². The number of nitrogens with two attached hydrogens (primary N) is 1. The Morgan fingerprint density at radius 1 is 1.07 bits per heavy atom. The number of aryl methyl sites for hydroxylation is 1. The summed E-state index contributed by atoms with van der Waals surface area (Å²) >= 11 is 0. The molecule has 7 nitrogen and oxygen atoms in total. The lowest BCUT2D eigenvalue weighted by Crippen LogP contribution is -2.22. The highest BCUT2D eigenvalue weighted by Gasteiger charge is 2.11. The Labute approximate surface area is 245 Å². The van der Waals surface area contributed by atoms with Crippen molar-refractivity contribution in [3.05, 3.63) is 102 Å². The number of nitrogens with one attached hydrogen (secondary N) is 3. The molecule has 3 rings (SSSR count). The van der Waals surface area contributed by atoms with Crippen molar-refractivity contribution in [2.75, 3.05) is 31.2 Å². The number of rotatable bonds is 14. The highest BCUT2D eigenvalue weighted by molar-refractivity contribution is 6.08. The molecule has 1 atom stereocenters. The zero-order valence-electron chi connectivity index (χ0n) is 24.9. The van der Waals surface area contributed by atoms with Gasteiger partial charge in [0.05, 0.1) is 0 Å². The third kappa shape index (κ3) is 9.08. The molecule has 6 N–H and O–H groups in total. The largest absolute Gasteiger partial charge is 0.396 e. The van der Waals surface area contributed by atoms with E-state index in [1.807, 2.05) is 30.3 Å². The molecule has 0 spiro atoms. The molecule has 0 saturated heterocycles. The zero-order valence-corrected chi connectivity index (χ0v) is 24.9. The van der Waals surface area contributed by atoms with E-state index in [1.165, 1.54) is 22.9 Å². The maximum atomic E-state index is 9.56. The van der Waals surface area contributed by atoms with E-state index < -0.39 is 0 Å². The molecule has 2 aromatic carbocycles. The van der Waals surface area contributed by atoms with Gasteiger partial charge in [0.25, 0.3) is 0 Å². The predicted molar refractivity (Wildman–Crippen MR) is 174 cm³/mol. The molecule has 0 amide bonds. The minimum absolute atomic E-state index is 0.192. The second-order valence-electron chi connectivity index (χ2n) is 10.4. The minimum Gasteiger partial charge on any atom is -0.396 e. The molecule has 0 aliphatic heterocycles. The van der Waals surface area contributed by atoms with Gasteiger partial charge in [-0.1, -0.05) is 55.3 Å². The van der Waals surface area contributed by atoms with Crippen molar-refractivity contribution in [1.82, 2.24) is 15.2 Å². The van der Waals surface area contributed by atoms with Crippen LogP contribution in [-0.2, 0) is 0 Å². The highest BCUT2D eigenvalue weighted by atomic mass is 16.3. The van der Waals surface area contributed by atoms with E-state index in [9.17, 15) is 5.11 Å². The number of hydrogen-bond donors (Lipinski definition) is 5. The van der Waals surface area contributed by atoms with Crippen molar-refractivity contribution in [3.63, 3.8) is 0 Å². The summed E-state index contributed by atoms with van der Waals surface area (Å²) in [4.78, 5) is 6.59. The molecular weight excluding hydrogens is 508 g/mol. The van der Waals surface area contributed by atoms with Gasteiger partial charge in [-0.3, -0.25) is 0 Å². The van der Waals surface area contributed by atoms with Gasteiger partial charge < -0.3 is 31.8 Å². The van der Waals surface area contributed by atoms with E-state index in [2.05, 4.69) is 84.9 Å². The van der Waals surface area contributed by atoms with Crippen LogP contribution >= 0.6 is 0 Å². The molecule has 0 aliphatic carbocycles. The molecule has 1 unspecified atom stereocenters. The van der Waals surface area contributed by atoms with E-state index in [4.69, 9.17) is 11.1 Å². The Hall–Kier alpha value is -4.36. The first kappa shape index (κ1) is 31.2. The second-order valence-corrected chi connectivity index (χ2v) is 10.4. The first-order valence-corrected chi connectivity index (χ1v) is 14.1. The summed E-state index contributed by atoms with van der Waals surface area (Å²) < 4.78 is 0. The minimum atomic E-state index is 0.192. The number of allylic oxidation sites excluding steroid dienone is 3. The number of aromatic nitrogens is 1. The van der Waals surface area contributed by atoms with Gasteiger partial charge in [0.15, 0.2) is 0 Å². The average Bonchev–Trinajstić information content (AvgIpc) is 2.96. The van der Waals surface area contributed by atoms with Crippen molar-refractivity contribution in [3.8, 4) is 11.1 Å². The van der Waals surface area contributed by atoms with E-state index >= 15 is 0 Å². The predicted octanol–water partition coefficient (Wildman–Crippen LogP) is 6.89. The van der Waals surface area contributed by atoms with Crippen LogP contribution in [0, 0.1) is 18.3 Å². The van der Waals surface area contributed by atoms with Crippen molar-refractivity contribution in [2.24, 2.45) is 5.92 Å². The van der Waals surface area contributed by atoms with Crippen LogP contribution in [0.4, 0.5) is 11.5 Å². The van der Waals surface area contributed by atoms with Crippen LogP contribution in [0.5, 0.6) is 0 Å². The normalized spacial score (nSPS) is 13.1. The highest BCUT2D eigenvalue weighted by Crippen LogP contribution is 2.29. The average molecular weight is 553 g/mol. The van der Waals surface area contributed by atoms with Crippen LogP contribution in [-0.4, -0.2) is 41.4 Å². The molecule has 0 aliphatic rings. The Balaban J connectivity index is 1.83. The van der Waals surface area contributed by atoms with Crippen molar-refractivity contribution >= 4 is 28.9 Å². The lowest BCUT2D eigenvalue weighted by Gasteiger charge is -2.24. The molecule has 41 heavy (non-hydrogen) atoms. The van der Waals surface area contributed by atoms with Gasteiger partial charge in [-0.05, 0) is 68.0 Å². The van der Waals surface area contributed by atoms with Crippen LogP contribution < -0.4 is 16.4 Å². The molecule has 0 saturated carbocycles. The fraction of sp³-hybridized carbons (Fsp3) is 0.294. The number of aliphatic hydroxyl groups is 1. The summed E-state index contributed by atoms with van der Waals surface area (Å²) in [6.45, 7) is 9.47. The summed E-state index contributed by atoms with van der Waals surface area (Å²) in [5.41, 5.74) is 15.1. The molecule has 216 valence electrons. The van der Waals surface area contributed by atoms with E-state index in [-0.39, 0.29) is 6.61 Å². The van der Waals surface area contributed by atoms with E-state index in [0.717, 1.165) is 53.0 Å². The Morgan fingerprint density at radius 2 is 1.78 bits per heavy atom. The quantitative estimate of drug-likeness (QED) is 0.139. The topological polar surface area (TPSA) is 110 Å². The summed E-state index contributed by atoms with van der Waals surface area (Å²) in [5, 5.41) is 23.7. The molecule has 0 fully saturated rings. The van der Waals surface area contributed by atoms with Gasteiger partial charge in [-0.25, -0.2) is 4.98 Å². The molecule has 3 aromatic rings. The number of benzene rings is 2. The summed E-state index contributed by atoms with van der Waals surface area (Å²) in [6, 6.07) is 18.6. The molecule has 1 aromatic heterocycles. The van der Waals surface area contributed by atoms with Crippen LogP contribution in [0.2, 0.25) is 0 Å². The van der Waals surface area contributed by atoms with Crippen molar-refractivity contribution in [2.45, 2.75) is 40.5 Å². The molecule has 7 heteroatoms. The second kappa shape index (κ2) is 15.4. The number of pyridine rings is 1.